The second-order valence-corrected chi connectivity index (χ2v) is 6.16. The lowest BCUT2D eigenvalue weighted by molar-refractivity contribution is 0.273. The fourth-order valence-corrected chi connectivity index (χ4v) is 3.76. The molecule has 2 aromatic rings. The van der Waals surface area contributed by atoms with Crippen LogP contribution in [0.15, 0.2) is 47.4 Å². The van der Waals surface area contributed by atoms with Crippen molar-refractivity contribution in [2.24, 2.45) is 0 Å². The summed E-state index contributed by atoms with van der Waals surface area (Å²) in [6.07, 6.45) is 1.06. The molecule has 1 aliphatic heterocycles. The Labute approximate surface area is 129 Å². The van der Waals surface area contributed by atoms with Crippen molar-refractivity contribution in [2.75, 3.05) is 25.2 Å². The predicted molar refractivity (Wildman–Crippen MR) is 87.4 cm³/mol. The highest BCUT2D eigenvalue weighted by molar-refractivity contribution is 7.99. The van der Waals surface area contributed by atoms with Gasteiger partial charge in [0.2, 0.25) is 0 Å². The van der Waals surface area contributed by atoms with Crippen LogP contribution in [0.5, 0.6) is 11.5 Å². The van der Waals surface area contributed by atoms with E-state index in [1.165, 1.54) is 5.56 Å². The maximum Gasteiger partial charge on any atom is 0.134 e. The molecule has 110 valence electrons. The first-order valence-corrected chi connectivity index (χ1v) is 8.04. The molecule has 3 rings (SSSR count). The van der Waals surface area contributed by atoms with Gasteiger partial charge in [-0.2, -0.15) is 0 Å². The van der Waals surface area contributed by atoms with Gasteiger partial charge in [-0.15, -0.1) is 11.8 Å². The van der Waals surface area contributed by atoms with Crippen LogP contribution in [0.2, 0.25) is 0 Å². The van der Waals surface area contributed by atoms with Crippen molar-refractivity contribution in [3.63, 3.8) is 0 Å². The third-order valence-corrected chi connectivity index (χ3v) is 4.93. The van der Waals surface area contributed by atoms with Crippen LogP contribution in [0.25, 0.3) is 0 Å². The van der Waals surface area contributed by atoms with E-state index in [2.05, 4.69) is 18.2 Å². The van der Waals surface area contributed by atoms with Gasteiger partial charge in [0.15, 0.2) is 0 Å². The zero-order chi connectivity index (χ0) is 14.7. The lowest BCUT2D eigenvalue weighted by atomic mass is 9.95. The Morgan fingerprint density at radius 3 is 3.00 bits per heavy atom. The van der Waals surface area contributed by atoms with Crippen molar-refractivity contribution >= 4 is 17.4 Å². The molecule has 0 radical (unpaired) electrons. The van der Waals surface area contributed by atoms with E-state index in [0.717, 1.165) is 40.9 Å². The smallest absolute Gasteiger partial charge is 0.134 e. The molecule has 0 fully saturated rings. The van der Waals surface area contributed by atoms with Crippen LogP contribution >= 0.6 is 11.8 Å². The average Bonchev–Trinajstić information content (AvgIpc) is 2.53. The number of para-hydroxylation sites is 1. The molecule has 0 saturated heterocycles. The molecule has 4 heteroatoms. The van der Waals surface area contributed by atoms with Crippen molar-refractivity contribution in [1.82, 2.24) is 0 Å². The summed E-state index contributed by atoms with van der Waals surface area (Å²) in [5.74, 6) is 3.40. The number of fused-ring (bicyclic) bond motifs is 1. The van der Waals surface area contributed by atoms with E-state index in [-0.39, 0.29) is 0 Å². The van der Waals surface area contributed by atoms with E-state index in [0.29, 0.717) is 5.92 Å². The lowest BCUT2D eigenvalue weighted by Crippen LogP contribution is -2.15. The molecule has 0 bridgehead atoms. The molecule has 0 aliphatic carbocycles. The Bertz CT molecular complexity index is 630. The third-order valence-electron chi connectivity index (χ3n) is 3.71. The van der Waals surface area contributed by atoms with Crippen LogP contribution in [0.4, 0.5) is 5.69 Å². The highest BCUT2D eigenvalue weighted by Crippen LogP contribution is 2.39. The van der Waals surface area contributed by atoms with E-state index >= 15 is 0 Å². The van der Waals surface area contributed by atoms with E-state index in [1.54, 1.807) is 7.11 Å². The quantitative estimate of drug-likeness (QED) is 0.686. The van der Waals surface area contributed by atoms with Gasteiger partial charge >= 0.3 is 0 Å². The minimum Gasteiger partial charge on any atom is -0.496 e. The number of benzene rings is 2. The number of hydrogen-bond acceptors (Lipinski definition) is 4. The van der Waals surface area contributed by atoms with Gasteiger partial charge in [-0.3, -0.25) is 0 Å². The number of ether oxygens (including phenoxy) is 2. The predicted octanol–water partition coefficient (Wildman–Crippen LogP) is 3.94. The van der Waals surface area contributed by atoms with Crippen LogP contribution in [0.1, 0.15) is 17.9 Å². The fourth-order valence-electron chi connectivity index (χ4n) is 2.58. The zero-order valence-corrected chi connectivity index (χ0v) is 12.9. The second kappa shape index (κ2) is 6.31. The summed E-state index contributed by atoms with van der Waals surface area (Å²) in [4.78, 5) is 1.13. The van der Waals surface area contributed by atoms with Crippen LogP contribution in [0.3, 0.4) is 0 Å². The average molecular weight is 301 g/mol. The Hall–Kier alpha value is -1.81. The van der Waals surface area contributed by atoms with Crippen molar-refractivity contribution in [3.05, 3.63) is 48.0 Å². The van der Waals surface area contributed by atoms with Gasteiger partial charge in [0, 0.05) is 28.3 Å². The summed E-state index contributed by atoms with van der Waals surface area (Å²) in [5, 5.41) is 0. The molecular weight excluding hydrogens is 282 g/mol. The normalized spacial score (nSPS) is 16.9. The number of nitrogen functional groups attached to an aromatic ring is 1. The maximum atomic E-state index is 5.80. The number of anilines is 1. The number of methoxy groups -OCH3 is 1. The van der Waals surface area contributed by atoms with Gasteiger partial charge in [-0.05, 0) is 30.2 Å². The topological polar surface area (TPSA) is 44.5 Å². The Morgan fingerprint density at radius 1 is 1.29 bits per heavy atom. The second-order valence-electron chi connectivity index (χ2n) is 5.09. The molecule has 0 aromatic heterocycles. The minimum atomic E-state index is 0.516. The van der Waals surface area contributed by atoms with Gasteiger partial charge in [0.25, 0.3) is 0 Å². The number of thioether (sulfide) groups is 1. The Morgan fingerprint density at radius 2 is 2.14 bits per heavy atom. The van der Waals surface area contributed by atoms with E-state index in [1.807, 2.05) is 36.0 Å². The van der Waals surface area contributed by atoms with Crippen molar-refractivity contribution in [2.45, 2.75) is 17.2 Å². The van der Waals surface area contributed by atoms with Crippen molar-refractivity contribution in [1.29, 1.82) is 0 Å². The molecule has 2 N–H and O–H groups in total. The third kappa shape index (κ3) is 3.10. The van der Waals surface area contributed by atoms with E-state index in [9.17, 15) is 0 Å². The number of hydrogen-bond donors (Lipinski definition) is 1. The maximum absolute atomic E-state index is 5.80. The first-order valence-electron chi connectivity index (χ1n) is 7.06. The molecular formula is C17H19NO2S. The zero-order valence-electron chi connectivity index (χ0n) is 12.0. The van der Waals surface area contributed by atoms with Gasteiger partial charge < -0.3 is 15.2 Å². The summed E-state index contributed by atoms with van der Waals surface area (Å²) in [6.45, 7) is 0.793. The molecule has 1 heterocycles. The highest BCUT2D eigenvalue weighted by Gasteiger charge is 2.21. The van der Waals surface area contributed by atoms with Gasteiger partial charge in [-0.25, -0.2) is 0 Å². The van der Waals surface area contributed by atoms with Crippen LogP contribution in [-0.2, 0) is 0 Å². The fraction of sp³-hybridized carbons (Fsp3) is 0.294. The largest absolute Gasteiger partial charge is 0.496 e. The summed E-state index contributed by atoms with van der Waals surface area (Å²) < 4.78 is 11.1. The van der Waals surface area contributed by atoms with Crippen LogP contribution < -0.4 is 15.2 Å². The Kier molecular flexibility index (Phi) is 4.25. The lowest BCUT2D eigenvalue weighted by Gasteiger charge is -2.25. The number of rotatable bonds is 4. The van der Waals surface area contributed by atoms with Gasteiger partial charge in [0.05, 0.1) is 13.7 Å². The van der Waals surface area contributed by atoms with E-state index < -0.39 is 0 Å². The van der Waals surface area contributed by atoms with Crippen LogP contribution in [-0.4, -0.2) is 19.5 Å². The first kappa shape index (κ1) is 14.1. The van der Waals surface area contributed by atoms with Crippen molar-refractivity contribution < 1.29 is 9.47 Å². The van der Waals surface area contributed by atoms with Crippen molar-refractivity contribution in [3.8, 4) is 11.5 Å². The molecule has 0 amide bonds. The van der Waals surface area contributed by atoms with Gasteiger partial charge in [-0.1, -0.05) is 18.2 Å². The molecule has 3 nitrogen and oxygen atoms in total. The molecule has 0 spiro atoms. The summed E-state index contributed by atoms with van der Waals surface area (Å²) in [7, 11) is 1.68. The molecule has 21 heavy (non-hydrogen) atoms. The molecule has 1 aliphatic rings. The summed E-state index contributed by atoms with van der Waals surface area (Å²) >= 11 is 1.81. The molecule has 1 unspecified atom stereocenters. The molecule has 2 aromatic carbocycles. The standard InChI is InChI=1S/C17H19NO2S/c1-19-16-10-13(18)6-7-17(16)21-11-12-8-9-20-15-5-3-2-4-14(12)15/h2-7,10,12H,8-9,11,18H2,1H3. The SMILES string of the molecule is COc1cc(N)ccc1SCC1CCOc2ccccc21. The monoisotopic (exact) mass is 301 g/mol. The summed E-state index contributed by atoms with van der Waals surface area (Å²) in [6, 6.07) is 14.1. The molecule has 1 atom stereocenters. The van der Waals surface area contributed by atoms with Crippen LogP contribution in [0, 0.1) is 0 Å². The number of nitrogens with two attached hydrogens (primary N) is 1. The van der Waals surface area contributed by atoms with Gasteiger partial charge in [0.1, 0.15) is 11.5 Å². The first-order chi connectivity index (χ1) is 10.3. The van der Waals surface area contributed by atoms with E-state index in [4.69, 9.17) is 15.2 Å². The Balaban J connectivity index is 1.74. The minimum absolute atomic E-state index is 0.516. The molecule has 0 saturated carbocycles. The highest BCUT2D eigenvalue weighted by atomic mass is 32.2. The summed E-state index contributed by atoms with van der Waals surface area (Å²) in [5.41, 5.74) is 7.84.